The summed E-state index contributed by atoms with van der Waals surface area (Å²) < 4.78 is 23.8. The number of rotatable bonds is 6. The molecule has 3 saturated heterocycles. The van der Waals surface area contributed by atoms with E-state index in [0.717, 1.165) is 24.8 Å². The fraction of sp³-hybridized carbons (Fsp3) is 0.500. The molecule has 0 bridgehead atoms. The topological polar surface area (TPSA) is 71.1 Å². The van der Waals surface area contributed by atoms with E-state index in [0.29, 0.717) is 37.8 Å². The molecule has 3 aliphatic heterocycles. The van der Waals surface area contributed by atoms with Crippen LogP contribution in [0.2, 0.25) is 0 Å². The Morgan fingerprint density at radius 3 is 2.56 bits per heavy atom. The minimum absolute atomic E-state index is 0.00577. The van der Waals surface area contributed by atoms with E-state index in [1.165, 1.54) is 5.56 Å². The maximum Gasteiger partial charge on any atom is 0.320 e. The second-order valence-electron chi connectivity index (χ2n) is 9.86. The standard InChI is InChI=1S/C28H34FN3O4/c29-12-16-35-23-8-4-7-22(17-23)27(20-5-2-1-3-6-20)21-9-13-31(14-10-21)28(34)32-15-11-25-24(18-32)30-26(33)19-36-25/h1-8,17,21,24-25,27H,9-16,18-19H2,(H,30,33)/t24-,25+,27-/m1/s1. The first-order valence-corrected chi connectivity index (χ1v) is 12.9. The molecule has 3 aliphatic rings. The number of ether oxygens (including phenoxy) is 2. The zero-order chi connectivity index (χ0) is 24.9. The van der Waals surface area contributed by atoms with E-state index in [1.54, 1.807) is 0 Å². The van der Waals surface area contributed by atoms with Crippen molar-refractivity contribution >= 4 is 11.9 Å². The van der Waals surface area contributed by atoms with Crippen molar-refractivity contribution in [2.24, 2.45) is 5.92 Å². The van der Waals surface area contributed by atoms with Crippen molar-refractivity contribution in [2.75, 3.05) is 46.1 Å². The summed E-state index contributed by atoms with van der Waals surface area (Å²) in [6, 6.07) is 18.3. The zero-order valence-corrected chi connectivity index (χ0v) is 20.5. The van der Waals surface area contributed by atoms with E-state index in [-0.39, 0.29) is 43.2 Å². The summed E-state index contributed by atoms with van der Waals surface area (Å²) in [5, 5.41) is 2.97. The Balaban J connectivity index is 1.26. The number of likely N-dealkylation sites (tertiary alicyclic amines) is 2. The van der Waals surface area contributed by atoms with Gasteiger partial charge in [0.2, 0.25) is 5.91 Å². The summed E-state index contributed by atoms with van der Waals surface area (Å²) in [7, 11) is 0. The first kappa shape index (κ1) is 24.6. The Morgan fingerprint density at radius 2 is 1.78 bits per heavy atom. The van der Waals surface area contributed by atoms with Crippen LogP contribution in [0.3, 0.4) is 0 Å². The van der Waals surface area contributed by atoms with Gasteiger partial charge in [-0.15, -0.1) is 0 Å². The molecule has 0 aliphatic carbocycles. The molecule has 3 heterocycles. The molecule has 2 aromatic rings. The number of morpholine rings is 1. The third-order valence-corrected chi connectivity index (χ3v) is 7.60. The van der Waals surface area contributed by atoms with Gasteiger partial charge in [0.05, 0.1) is 12.1 Å². The van der Waals surface area contributed by atoms with Crippen LogP contribution in [-0.2, 0) is 9.53 Å². The van der Waals surface area contributed by atoms with E-state index >= 15 is 0 Å². The van der Waals surface area contributed by atoms with Crippen molar-refractivity contribution in [3.63, 3.8) is 0 Å². The number of carbonyl (C=O) groups excluding carboxylic acids is 2. The van der Waals surface area contributed by atoms with Gasteiger partial charge < -0.3 is 24.6 Å². The van der Waals surface area contributed by atoms with Crippen LogP contribution in [0.15, 0.2) is 54.6 Å². The lowest BCUT2D eigenvalue weighted by molar-refractivity contribution is -0.139. The minimum Gasteiger partial charge on any atom is -0.491 e. The highest BCUT2D eigenvalue weighted by molar-refractivity contribution is 5.79. The number of alkyl halides is 1. The average Bonchev–Trinajstić information content (AvgIpc) is 2.92. The van der Waals surface area contributed by atoms with Gasteiger partial charge in [-0.05, 0) is 48.4 Å². The van der Waals surface area contributed by atoms with Crippen LogP contribution in [0.5, 0.6) is 5.75 Å². The highest BCUT2D eigenvalue weighted by atomic mass is 19.1. The molecule has 7 nitrogen and oxygen atoms in total. The first-order valence-electron chi connectivity index (χ1n) is 12.9. The molecule has 36 heavy (non-hydrogen) atoms. The molecule has 0 spiro atoms. The van der Waals surface area contributed by atoms with E-state index in [2.05, 4.69) is 35.6 Å². The Morgan fingerprint density at radius 1 is 1.03 bits per heavy atom. The van der Waals surface area contributed by atoms with Crippen LogP contribution in [-0.4, -0.2) is 80.0 Å². The van der Waals surface area contributed by atoms with Gasteiger partial charge in [0.15, 0.2) is 0 Å². The zero-order valence-electron chi connectivity index (χ0n) is 20.5. The van der Waals surface area contributed by atoms with Crippen molar-refractivity contribution in [3.05, 3.63) is 65.7 Å². The van der Waals surface area contributed by atoms with Gasteiger partial charge in [-0.3, -0.25) is 4.79 Å². The van der Waals surface area contributed by atoms with Gasteiger partial charge in [-0.25, -0.2) is 9.18 Å². The Bertz CT molecular complexity index is 1040. The summed E-state index contributed by atoms with van der Waals surface area (Å²) in [4.78, 5) is 28.9. The number of halogens is 1. The lowest BCUT2D eigenvalue weighted by Crippen LogP contribution is -2.62. The smallest absolute Gasteiger partial charge is 0.320 e. The second kappa shape index (κ2) is 11.3. The highest BCUT2D eigenvalue weighted by Crippen LogP contribution is 2.39. The fourth-order valence-corrected chi connectivity index (χ4v) is 5.85. The average molecular weight is 496 g/mol. The van der Waals surface area contributed by atoms with Crippen molar-refractivity contribution in [3.8, 4) is 5.75 Å². The van der Waals surface area contributed by atoms with E-state index in [9.17, 15) is 14.0 Å². The minimum atomic E-state index is -0.517. The number of nitrogens with zero attached hydrogens (tertiary/aromatic N) is 2. The Hall–Kier alpha value is -3.13. The molecule has 0 saturated carbocycles. The number of hydrogen-bond acceptors (Lipinski definition) is 4. The molecule has 192 valence electrons. The second-order valence-corrected chi connectivity index (χ2v) is 9.86. The van der Waals surface area contributed by atoms with Gasteiger partial charge in [-0.2, -0.15) is 0 Å². The van der Waals surface area contributed by atoms with Gasteiger partial charge in [0.1, 0.15) is 25.6 Å². The molecular weight excluding hydrogens is 461 g/mol. The molecule has 3 amide bonds. The van der Waals surface area contributed by atoms with Crippen LogP contribution >= 0.6 is 0 Å². The summed E-state index contributed by atoms with van der Waals surface area (Å²) in [5.41, 5.74) is 2.39. The Kier molecular flexibility index (Phi) is 7.70. The lowest BCUT2D eigenvalue weighted by Gasteiger charge is -2.44. The van der Waals surface area contributed by atoms with Gasteiger partial charge >= 0.3 is 6.03 Å². The third-order valence-electron chi connectivity index (χ3n) is 7.60. The molecule has 2 aromatic carbocycles. The molecule has 3 fully saturated rings. The molecule has 5 rings (SSSR count). The van der Waals surface area contributed by atoms with E-state index < -0.39 is 6.67 Å². The number of piperidine rings is 2. The highest BCUT2D eigenvalue weighted by Gasteiger charge is 2.38. The van der Waals surface area contributed by atoms with E-state index in [4.69, 9.17) is 9.47 Å². The Labute approximate surface area is 211 Å². The normalized spacial score (nSPS) is 23.5. The quantitative estimate of drug-likeness (QED) is 0.665. The maximum absolute atomic E-state index is 13.3. The maximum atomic E-state index is 13.3. The number of benzene rings is 2. The molecule has 0 radical (unpaired) electrons. The molecule has 0 aromatic heterocycles. The molecule has 1 N–H and O–H groups in total. The molecule has 3 atom stereocenters. The number of nitrogens with one attached hydrogen (secondary N) is 1. The van der Waals surface area contributed by atoms with Gasteiger partial charge in [0, 0.05) is 32.1 Å². The summed E-state index contributed by atoms with van der Waals surface area (Å²) in [6.07, 6.45) is 2.51. The lowest BCUT2D eigenvalue weighted by atomic mass is 9.76. The fourth-order valence-electron chi connectivity index (χ4n) is 5.85. The summed E-state index contributed by atoms with van der Waals surface area (Å²) in [5.74, 6) is 1.10. The van der Waals surface area contributed by atoms with Crippen molar-refractivity contribution in [1.82, 2.24) is 15.1 Å². The van der Waals surface area contributed by atoms with Crippen molar-refractivity contribution < 1.29 is 23.5 Å². The SMILES string of the molecule is O=C1CO[C@H]2CCN(C(=O)N3CCC([C@@H](c4ccccc4)c4cccc(OCCF)c4)CC3)C[C@H]2N1. The number of urea groups is 1. The van der Waals surface area contributed by atoms with Gasteiger partial charge in [0.25, 0.3) is 0 Å². The van der Waals surface area contributed by atoms with Crippen LogP contribution in [0.25, 0.3) is 0 Å². The van der Waals surface area contributed by atoms with Crippen molar-refractivity contribution in [1.29, 1.82) is 0 Å². The number of carbonyl (C=O) groups is 2. The van der Waals surface area contributed by atoms with Crippen LogP contribution < -0.4 is 10.1 Å². The summed E-state index contributed by atoms with van der Waals surface area (Å²) >= 11 is 0. The largest absolute Gasteiger partial charge is 0.491 e. The number of fused-ring (bicyclic) bond motifs is 1. The monoisotopic (exact) mass is 495 g/mol. The molecule has 0 unspecified atom stereocenters. The summed E-state index contributed by atoms with van der Waals surface area (Å²) in [6.45, 7) is 2.17. The van der Waals surface area contributed by atoms with Gasteiger partial charge in [-0.1, -0.05) is 42.5 Å². The van der Waals surface area contributed by atoms with Crippen LogP contribution in [0.4, 0.5) is 9.18 Å². The third kappa shape index (κ3) is 5.48. The molecule has 8 heteroatoms. The number of hydrogen-bond donors (Lipinski definition) is 1. The van der Waals surface area contributed by atoms with Crippen LogP contribution in [0.1, 0.15) is 36.3 Å². The first-order chi connectivity index (χ1) is 17.6. The van der Waals surface area contributed by atoms with Crippen molar-refractivity contribution in [2.45, 2.75) is 37.3 Å². The van der Waals surface area contributed by atoms with E-state index in [1.807, 2.05) is 34.1 Å². The predicted octanol–water partition coefficient (Wildman–Crippen LogP) is 3.59. The predicted molar refractivity (Wildman–Crippen MR) is 134 cm³/mol. The molecular formula is C28H34FN3O4. The number of amides is 3. The van der Waals surface area contributed by atoms with Crippen LogP contribution in [0, 0.1) is 5.92 Å².